The zero-order valence-electron chi connectivity index (χ0n) is 18.4. The SMILES string of the molecule is CNC(=O)C(C)N(Cc1cccc(Br)c1)C(=O)CN(c1cc(C(F)(F)F)ccc1Cl)S(C)(=O)=O. The molecule has 1 N–H and O–H groups in total. The number of halogens is 5. The smallest absolute Gasteiger partial charge is 0.357 e. The average molecular weight is 585 g/mol. The first-order valence-corrected chi connectivity index (χ1v) is 12.8. The summed E-state index contributed by atoms with van der Waals surface area (Å²) in [5.41, 5.74) is -0.985. The van der Waals surface area contributed by atoms with Crippen molar-refractivity contribution in [3.63, 3.8) is 0 Å². The third kappa shape index (κ3) is 7.09. The molecule has 2 rings (SSSR count). The molecule has 1 unspecified atom stereocenters. The molecule has 0 heterocycles. The van der Waals surface area contributed by atoms with Crippen LogP contribution in [0.15, 0.2) is 46.9 Å². The van der Waals surface area contributed by atoms with Gasteiger partial charge in [-0.25, -0.2) is 8.42 Å². The first-order valence-electron chi connectivity index (χ1n) is 9.75. The number of carbonyl (C=O) groups is 2. The molecule has 0 aromatic heterocycles. The highest BCUT2D eigenvalue weighted by atomic mass is 79.9. The molecule has 13 heteroatoms. The molecule has 2 aromatic carbocycles. The van der Waals surface area contributed by atoms with Crippen molar-refractivity contribution in [3.05, 3.63) is 63.1 Å². The number of hydrogen-bond donors (Lipinski definition) is 1. The molecule has 186 valence electrons. The van der Waals surface area contributed by atoms with Crippen LogP contribution < -0.4 is 9.62 Å². The number of likely N-dealkylation sites (N-methyl/N-ethyl adjacent to an activating group) is 1. The Hall–Kier alpha value is -2.31. The molecule has 1 atom stereocenters. The van der Waals surface area contributed by atoms with E-state index in [-0.39, 0.29) is 11.6 Å². The number of nitrogens with one attached hydrogen (secondary N) is 1. The van der Waals surface area contributed by atoms with Crippen molar-refractivity contribution in [2.45, 2.75) is 25.7 Å². The summed E-state index contributed by atoms with van der Waals surface area (Å²) in [5, 5.41) is 2.14. The lowest BCUT2D eigenvalue weighted by atomic mass is 10.1. The van der Waals surface area contributed by atoms with Gasteiger partial charge in [0.2, 0.25) is 21.8 Å². The summed E-state index contributed by atoms with van der Waals surface area (Å²) in [6, 6.07) is 8.09. The molecule has 0 aliphatic rings. The van der Waals surface area contributed by atoms with E-state index < -0.39 is 51.9 Å². The van der Waals surface area contributed by atoms with Crippen molar-refractivity contribution in [1.29, 1.82) is 0 Å². The molecule has 2 aromatic rings. The Kier molecular flexibility index (Phi) is 9.00. The van der Waals surface area contributed by atoms with Crippen LogP contribution in [0.1, 0.15) is 18.1 Å². The summed E-state index contributed by atoms with van der Waals surface area (Å²) in [7, 11) is -2.86. The van der Waals surface area contributed by atoms with Gasteiger partial charge in [0, 0.05) is 18.1 Å². The van der Waals surface area contributed by atoms with Crippen LogP contribution in [0.5, 0.6) is 0 Å². The van der Waals surface area contributed by atoms with Gasteiger partial charge in [0.25, 0.3) is 0 Å². The lowest BCUT2D eigenvalue weighted by Gasteiger charge is -2.31. The topological polar surface area (TPSA) is 86.8 Å². The number of nitrogens with zero attached hydrogens (tertiary/aromatic N) is 2. The van der Waals surface area contributed by atoms with Crippen LogP contribution in [-0.2, 0) is 32.3 Å². The number of hydrogen-bond acceptors (Lipinski definition) is 4. The zero-order chi connectivity index (χ0) is 25.8. The maximum Gasteiger partial charge on any atom is 0.416 e. The number of carbonyl (C=O) groups excluding carboxylic acids is 2. The fraction of sp³-hybridized carbons (Fsp3) is 0.333. The number of alkyl halides is 3. The van der Waals surface area contributed by atoms with Crippen LogP contribution in [0.25, 0.3) is 0 Å². The van der Waals surface area contributed by atoms with E-state index in [1.807, 2.05) is 0 Å². The van der Waals surface area contributed by atoms with E-state index in [1.165, 1.54) is 14.0 Å². The van der Waals surface area contributed by atoms with Crippen LogP contribution in [-0.4, -0.2) is 51.0 Å². The van der Waals surface area contributed by atoms with E-state index in [4.69, 9.17) is 11.6 Å². The van der Waals surface area contributed by atoms with Crippen molar-refractivity contribution in [2.24, 2.45) is 0 Å². The van der Waals surface area contributed by atoms with Gasteiger partial charge in [0.15, 0.2) is 0 Å². The van der Waals surface area contributed by atoms with Gasteiger partial charge in [0.05, 0.1) is 22.5 Å². The summed E-state index contributed by atoms with van der Waals surface area (Å²) >= 11 is 9.34. The molecule has 0 saturated carbocycles. The van der Waals surface area contributed by atoms with Crippen LogP contribution in [0.4, 0.5) is 18.9 Å². The summed E-state index contributed by atoms with van der Waals surface area (Å²) < 4.78 is 65.9. The molecule has 0 bridgehead atoms. The maximum absolute atomic E-state index is 13.3. The van der Waals surface area contributed by atoms with Gasteiger partial charge in [-0.15, -0.1) is 0 Å². The Morgan fingerprint density at radius 1 is 1.18 bits per heavy atom. The number of sulfonamides is 1. The number of anilines is 1. The van der Waals surface area contributed by atoms with Crippen molar-refractivity contribution in [2.75, 3.05) is 24.2 Å². The summed E-state index contributed by atoms with van der Waals surface area (Å²) in [6.07, 6.45) is -4.01. The van der Waals surface area contributed by atoms with E-state index in [0.717, 1.165) is 21.7 Å². The van der Waals surface area contributed by atoms with E-state index >= 15 is 0 Å². The van der Waals surface area contributed by atoms with Crippen LogP contribution in [0.2, 0.25) is 5.02 Å². The molecule has 0 aliphatic heterocycles. The molecular formula is C21H22BrClF3N3O4S. The normalized spacial score (nSPS) is 12.7. The third-order valence-corrected chi connectivity index (χ3v) is 6.82. The predicted molar refractivity (Wildman–Crippen MR) is 127 cm³/mol. The first-order chi connectivity index (χ1) is 15.6. The minimum absolute atomic E-state index is 0.0548. The third-order valence-electron chi connectivity index (χ3n) is 4.88. The van der Waals surface area contributed by atoms with E-state index in [0.29, 0.717) is 22.0 Å². The number of rotatable bonds is 8. The van der Waals surface area contributed by atoms with Crippen molar-refractivity contribution < 1.29 is 31.2 Å². The summed E-state index contributed by atoms with van der Waals surface area (Å²) in [6.45, 7) is 0.534. The van der Waals surface area contributed by atoms with Gasteiger partial charge in [0.1, 0.15) is 12.6 Å². The number of amides is 2. The number of benzene rings is 2. The van der Waals surface area contributed by atoms with Gasteiger partial charge in [-0.2, -0.15) is 13.2 Å². The standard InChI is InChI=1S/C21H22BrClF3N3O4S/c1-13(20(31)27-2)28(11-14-5-4-6-16(22)9-14)19(30)12-29(34(3,32)33)18-10-15(21(24,25)26)7-8-17(18)23/h4-10,13H,11-12H2,1-3H3,(H,27,31). The Balaban J connectivity index is 2.50. The van der Waals surface area contributed by atoms with Gasteiger partial charge in [-0.1, -0.05) is 39.7 Å². The Labute approximate surface area is 209 Å². The van der Waals surface area contributed by atoms with E-state index in [9.17, 15) is 31.2 Å². The minimum atomic E-state index is -4.76. The molecule has 7 nitrogen and oxygen atoms in total. The van der Waals surface area contributed by atoms with Gasteiger partial charge >= 0.3 is 6.18 Å². The lowest BCUT2D eigenvalue weighted by Crippen LogP contribution is -2.50. The fourth-order valence-electron chi connectivity index (χ4n) is 3.10. The highest BCUT2D eigenvalue weighted by Crippen LogP contribution is 2.36. The Morgan fingerprint density at radius 2 is 1.82 bits per heavy atom. The highest BCUT2D eigenvalue weighted by molar-refractivity contribution is 9.10. The second-order valence-corrected chi connectivity index (χ2v) is 10.6. The largest absolute Gasteiger partial charge is 0.416 e. The van der Waals surface area contributed by atoms with Crippen molar-refractivity contribution >= 4 is 55.1 Å². The molecule has 0 saturated heterocycles. The van der Waals surface area contributed by atoms with Crippen LogP contribution in [0.3, 0.4) is 0 Å². The second kappa shape index (κ2) is 11.0. The van der Waals surface area contributed by atoms with Crippen molar-refractivity contribution in [3.8, 4) is 0 Å². The molecule has 34 heavy (non-hydrogen) atoms. The van der Waals surface area contributed by atoms with E-state index in [1.54, 1.807) is 24.3 Å². The van der Waals surface area contributed by atoms with Gasteiger partial charge in [-0.05, 0) is 42.8 Å². The van der Waals surface area contributed by atoms with Crippen molar-refractivity contribution in [1.82, 2.24) is 10.2 Å². The summed E-state index contributed by atoms with van der Waals surface area (Å²) in [5.74, 6) is -1.32. The molecule has 0 spiro atoms. The van der Waals surface area contributed by atoms with Gasteiger partial charge < -0.3 is 10.2 Å². The Bertz CT molecular complexity index is 1180. The molecular weight excluding hydrogens is 563 g/mol. The monoisotopic (exact) mass is 583 g/mol. The quantitative estimate of drug-likeness (QED) is 0.507. The predicted octanol–water partition coefficient (Wildman–Crippen LogP) is 4.05. The maximum atomic E-state index is 13.3. The highest BCUT2D eigenvalue weighted by Gasteiger charge is 2.34. The Morgan fingerprint density at radius 3 is 2.35 bits per heavy atom. The molecule has 0 aliphatic carbocycles. The fourth-order valence-corrected chi connectivity index (χ4v) is 4.67. The summed E-state index contributed by atoms with van der Waals surface area (Å²) in [4.78, 5) is 26.7. The van der Waals surface area contributed by atoms with E-state index in [2.05, 4.69) is 21.2 Å². The molecule has 0 radical (unpaired) electrons. The molecule has 2 amide bonds. The second-order valence-electron chi connectivity index (χ2n) is 7.38. The molecule has 0 fully saturated rings. The first kappa shape index (κ1) is 27.9. The van der Waals surface area contributed by atoms with Crippen LogP contribution in [0, 0.1) is 0 Å². The average Bonchev–Trinajstić information content (AvgIpc) is 2.73. The zero-order valence-corrected chi connectivity index (χ0v) is 21.5. The minimum Gasteiger partial charge on any atom is -0.357 e. The lowest BCUT2D eigenvalue weighted by molar-refractivity contribution is -0.139. The van der Waals surface area contributed by atoms with Gasteiger partial charge in [-0.3, -0.25) is 13.9 Å². The van der Waals surface area contributed by atoms with Crippen LogP contribution >= 0.6 is 27.5 Å².